The molecule has 2 nitrogen and oxygen atoms in total. The minimum Gasteiger partial charge on any atom is -0.466 e. The van der Waals surface area contributed by atoms with E-state index in [-0.39, 0.29) is 17.8 Å². The van der Waals surface area contributed by atoms with E-state index in [0.717, 1.165) is 5.56 Å². The molecule has 0 aliphatic heterocycles. The topological polar surface area (TPSA) is 26.3 Å². The molecule has 0 saturated heterocycles. The van der Waals surface area contributed by atoms with E-state index in [1.165, 1.54) is 11.1 Å². The van der Waals surface area contributed by atoms with Gasteiger partial charge in [0.05, 0.1) is 13.0 Å². The summed E-state index contributed by atoms with van der Waals surface area (Å²) in [4.78, 5) is 11.4. The van der Waals surface area contributed by atoms with Crippen LogP contribution in [0.4, 0.5) is 0 Å². The van der Waals surface area contributed by atoms with E-state index in [2.05, 4.69) is 36.4 Å². The van der Waals surface area contributed by atoms with E-state index >= 15 is 0 Å². The molecule has 2 rings (SSSR count). The molecule has 0 N–H and O–H groups in total. The molecule has 0 amide bonds. The molecule has 2 aromatic rings. The van der Waals surface area contributed by atoms with Gasteiger partial charge in [-0.3, -0.25) is 4.79 Å². The summed E-state index contributed by atoms with van der Waals surface area (Å²) < 4.78 is 4.90. The van der Waals surface area contributed by atoms with Crippen LogP contribution >= 0.6 is 11.6 Å². The second-order valence-electron chi connectivity index (χ2n) is 4.87. The number of rotatable bonds is 6. The van der Waals surface area contributed by atoms with Crippen molar-refractivity contribution in [1.29, 1.82) is 0 Å². The highest BCUT2D eigenvalue weighted by molar-refractivity contribution is 6.21. The zero-order chi connectivity index (χ0) is 15.1. The van der Waals surface area contributed by atoms with Crippen molar-refractivity contribution in [2.45, 2.75) is 25.1 Å². The third-order valence-corrected chi connectivity index (χ3v) is 3.52. The van der Waals surface area contributed by atoms with Crippen LogP contribution in [0.15, 0.2) is 54.6 Å². The number of ether oxygens (including phenoxy) is 1. The Kier molecular flexibility index (Phi) is 5.82. The fourth-order valence-corrected chi connectivity index (χ4v) is 2.50. The maximum atomic E-state index is 11.4. The van der Waals surface area contributed by atoms with Crippen LogP contribution in [0.2, 0.25) is 0 Å². The Morgan fingerprint density at radius 1 is 1.05 bits per heavy atom. The predicted octanol–water partition coefficient (Wildman–Crippen LogP) is 4.46. The van der Waals surface area contributed by atoms with E-state index < -0.39 is 0 Å². The first kappa shape index (κ1) is 15.6. The summed E-state index contributed by atoms with van der Waals surface area (Å²) in [6.45, 7) is 2.19. The molecule has 0 aromatic heterocycles. The van der Waals surface area contributed by atoms with Crippen molar-refractivity contribution in [3.05, 3.63) is 60.2 Å². The first-order chi connectivity index (χ1) is 10.2. The number of hydrogen-bond acceptors (Lipinski definition) is 2. The molecule has 1 unspecified atom stereocenters. The van der Waals surface area contributed by atoms with Crippen LogP contribution in [0, 0.1) is 0 Å². The molecular weight excluding hydrogens is 284 g/mol. The predicted molar refractivity (Wildman–Crippen MR) is 86.5 cm³/mol. The summed E-state index contributed by atoms with van der Waals surface area (Å²) in [6.07, 6.45) is 0.908. The number of carbonyl (C=O) groups excluding carboxylic acids is 1. The van der Waals surface area contributed by atoms with Gasteiger partial charge in [-0.25, -0.2) is 0 Å². The van der Waals surface area contributed by atoms with Crippen molar-refractivity contribution in [3.63, 3.8) is 0 Å². The minimum atomic E-state index is -0.238. The second kappa shape index (κ2) is 7.84. The molecule has 0 spiro atoms. The fraction of sp³-hybridized carbons (Fsp3) is 0.278. The molecule has 3 heteroatoms. The highest BCUT2D eigenvalue weighted by Crippen LogP contribution is 2.20. The molecule has 0 bridgehead atoms. The Bertz CT molecular complexity index is 564. The number of carbonyl (C=O) groups is 1. The molecule has 110 valence electrons. The van der Waals surface area contributed by atoms with Crippen LogP contribution in [0.5, 0.6) is 0 Å². The molecule has 0 aliphatic carbocycles. The van der Waals surface area contributed by atoms with E-state index in [9.17, 15) is 4.79 Å². The Morgan fingerprint density at radius 3 is 2.29 bits per heavy atom. The fourth-order valence-electron chi connectivity index (χ4n) is 2.19. The quantitative estimate of drug-likeness (QED) is 0.582. The van der Waals surface area contributed by atoms with E-state index in [1.54, 1.807) is 6.92 Å². The molecule has 0 saturated carbocycles. The van der Waals surface area contributed by atoms with Crippen LogP contribution in [0.3, 0.4) is 0 Å². The standard InChI is InChI=1S/C18H19ClO2/c1-2-21-18(20)13-17(19)12-14-8-10-16(11-9-14)15-6-4-3-5-7-15/h3-11,17H,2,12-13H2,1H3. The number of esters is 1. The van der Waals surface area contributed by atoms with Gasteiger partial charge in [0.25, 0.3) is 0 Å². The van der Waals surface area contributed by atoms with Gasteiger partial charge in [-0.05, 0) is 30.0 Å². The van der Waals surface area contributed by atoms with Gasteiger partial charge in [0, 0.05) is 5.38 Å². The molecule has 2 aromatic carbocycles. The zero-order valence-electron chi connectivity index (χ0n) is 12.1. The Labute approximate surface area is 130 Å². The van der Waals surface area contributed by atoms with Crippen molar-refractivity contribution < 1.29 is 9.53 Å². The lowest BCUT2D eigenvalue weighted by Crippen LogP contribution is -2.13. The lowest BCUT2D eigenvalue weighted by Gasteiger charge is -2.09. The molecule has 0 aliphatic rings. The summed E-state index contributed by atoms with van der Waals surface area (Å²) in [5, 5.41) is -0.230. The average molecular weight is 303 g/mol. The van der Waals surface area contributed by atoms with E-state index in [0.29, 0.717) is 13.0 Å². The number of benzene rings is 2. The van der Waals surface area contributed by atoms with Gasteiger partial charge in [-0.2, -0.15) is 0 Å². The van der Waals surface area contributed by atoms with Crippen molar-refractivity contribution >= 4 is 17.6 Å². The monoisotopic (exact) mass is 302 g/mol. The third-order valence-electron chi connectivity index (χ3n) is 3.21. The Morgan fingerprint density at radius 2 is 1.67 bits per heavy atom. The maximum absolute atomic E-state index is 11.4. The highest BCUT2D eigenvalue weighted by atomic mass is 35.5. The number of hydrogen-bond donors (Lipinski definition) is 0. The highest BCUT2D eigenvalue weighted by Gasteiger charge is 2.12. The molecule has 1 atom stereocenters. The van der Waals surface area contributed by atoms with Gasteiger partial charge in [-0.15, -0.1) is 11.6 Å². The van der Waals surface area contributed by atoms with Gasteiger partial charge in [0.2, 0.25) is 0 Å². The van der Waals surface area contributed by atoms with Crippen LogP contribution in [0.25, 0.3) is 11.1 Å². The summed E-state index contributed by atoms with van der Waals surface area (Å²) in [5.41, 5.74) is 3.49. The van der Waals surface area contributed by atoms with Crippen LogP contribution < -0.4 is 0 Å². The summed E-state index contributed by atoms with van der Waals surface area (Å²) in [7, 11) is 0. The Balaban J connectivity index is 1.95. The smallest absolute Gasteiger partial charge is 0.307 e. The second-order valence-corrected chi connectivity index (χ2v) is 5.49. The minimum absolute atomic E-state index is 0.230. The average Bonchev–Trinajstić information content (AvgIpc) is 2.49. The molecule has 21 heavy (non-hydrogen) atoms. The van der Waals surface area contributed by atoms with Crippen molar-refractivity contribution in [2.24, 2.45) is 0 Å². The van der Waals surface area contributed by atoms with E-state index in [4.69, 9.17) is 16.3 Å². The third kappa shape index (κ3) is 4.91. The van der Waals surface area contributed by atoms with Gasteiger partial charge in [0.15, 0.2) is 0 Å². The van der Waals surface area contributed by atoms with Gasteiger partial charge >= 0.3 is 5.97 Å². The SMILES string of the molecule is CCOC(=O)CC(Cl)Cc1ccc(-c2ccccc2)cc1. The normalized spacial score (nSPS) is 11.9. The first-order valence-corrected chi connectivity index (χ1v) is 7.56. The maximum Gasteiger partial charge on any atom is 0.307 e. The lowest BCUT2D eigenvalue weighted by molar-refractivity contribution is -0.143. The zero-order valence-corrected chi connectivity index (χ0v) is 12.8. The van der Waals surface area contributed by atoms with Crippen LogP contribution in [-0.4, -0.2) is 18.0 Å². The van der Waals surface area contributed by atoms with Gasteiger partial charge in [-0.1, -0.05) is 54.6 Å². The largest absolute Gasteiger partial charge is 0.466 e. The molecular formula is C18H19ClO2. The van der Waals surface area contributed by atoms with Crippen molar-refractivity contribution in [2.75, 3.05) is 6.61 Å². The summed E-state index contributed by atoms with van der Waals surface area (Å²) in [5.74, 6) is -0.238. The van der Waals surface area contributed by atoms with E-state index in [1.807, 2.05) is 18.2 Å². The van der Waals surface area contributed by atoms with Crippen LogP contribution in [-0.2, 0) is 16.0 Å². The van der Waals surface area contributed by atoms with Crippen LogP contribution in [0.1, 0.15) is 18.9 Å². The van der Waals surface area contributed by atoms with Gasteiger partial charge < -0.3 is 4.74 Å². The van der Waals surface area contributed by atoms with Crippen molar-refractivity contribution in [3.8, 4) is 11.1 Å². The van der Waals surface area contributed by atoms with Crippen molar-refractivity contribution in [1.82, 2.24) is 0 Å². The Hall–Kier alpha value is -1.80. The molecule has 0 fully saturated rings. The number of halogens is 1. The lowest BCUT2D eigenvalue weighted by atomic mass is 10.0. The first-order valence-electron chi connectivity index (χ1n) is 7.13. The summed E-state index contributed by atoms with van der Waals surface area (Å²) in [6, 6.07) is 18.5. The van der Waals surface area contributed by atoms with Gasteiger partial charge in [0.1, 0.15) is 0 Å². The summed E-state index contributed by atoms with van der Waals surface area (Å²) >= 11 is 6.20. The number of alkyl halides is 1. The molecule has 0 heterocycles. The molecule has 0 radical (unpaired) electrons.